The van der Waals surface area contributed by atoms with Crippen LogP contribution in [0.4, 0.5) is 4.39 Å². The maximum Gasteiger partial charge on any atom is 0.227 e. The molecule has 0 saturated heterocycles. The number of hydrogen-bond acceptors (Lipinski definition) is 4. The van der Waals surface area contributed by atoms with Crippen molar-refractivity contribution in [3.63, 3.8) is 0 Å². The molecule has 0 amide bonds. The van der Waals surface area contributed by atoms with Gasteiger partial charge in [-0.1, -0.05) is 187 Å². The van der Waals surface area contributed by atoms with Crippen LogP contribution < -0.4 is 0 Å². The number of pyridine rings is 1. The van der Waals surface area contributed by atoms with Crippen molar-refractivity contribution in [3.05, 3.63) is 361 Å². The summed E-state index contributed by atoms with van der Waals surface area (Å²) < 4.78 is 40.4. The van der Waals surface area contributed by atoms with E-state index in [0.717, 1.165) is 82.3 Å². The van der Waals surface area contributed by atoms with Crippen LogP contribution in [0.5, 0.6) is 0 Å². The van der Waals surface area contributed by atoms with Crippen molar-refractivity contribution < 1.29 is 17.6 Å². The number of halogens is 1. The average Bonchev–Trinajstić information content (AvgIpc) is 1.55. The molecule has 0 saturated carbocycles. The third-order valence-corrected chi connectivity index (χ3v) is 25.1. The molecule has 7 aromatic heterocycles. The number of furan rings is 3. The number of hydrogen-bond donors (Lipinski definition) is 0. The second-order valence-corrected chi connectivity index (χ2v) is 32.2. The van der Waals surface area contributed by atoms with Gasteiger partial charge in [0, 0.05) is 104 Å². The van der Waals surface area contributed by atoms with Gasteiger partial charge in [-0.3, -0.25) is 0 Å². The van der Waals surface area contributed by atoms with Crippen molar-refractivity contribution in [1.29, 1.82) is 0 Å². The fourth-order valence-electron chi connectivity index (χ4n) is 19.6. The third-order valence-electron chi connectivity index (χ3n) is 25.1. The monoisotopic (exact) mass is 1440 g/mol. The van der Waals surface area contributed by atoms with Crippen molar-refractivity contribution in [2.75, 3.05) is 0 Å². The summed E-state index contributed by atoms with van der Waals surface area (Å²) in [6, 6.07) is 112. The Balaban J connectivity index is 0.000000101. The van der Waals surface area contributed by atoms with E-state index < -0.39 is 0 Å². The summed E-state index contributed by atoms with van der Waals surface area (Å²) in [5.74, 6) is -0.220. The van der Waals surface area contributed by atoms with Gasteiger partial charge in [0.2, 0.25) is 5.71 Å². The summed E-state index contributed by atoms with van der Waals surface area (Å²) >= 11 is 0. The molecular formula is C104H71FN4O3. The fourth-order valence-corrected chi connectivity index (χ4v) is 19.6. The largest absolute Gasteiger partial charge is 0.456 e. The topological polar surface area (TPSA) is 67.1 Å². The van der Waals surface area contributed by atoms with Crippen molar-refractivity contribution in [2.45, 2.75) is 57.8 Å². The molecule has 8 heteroatoms. The number of para-hydroxylation sites is 6. The van der Waals surface area contributed by atoms with Crippen molar-refractivity contribution >= 4 is 131 Å². The Morgan fingerprint density at radius 2 is 0.589 bits per heavy atom. The zero-order valence-corrected chi connectivity index (χ0v) is 62.5. The molecule has 25 rings (SSSR count). The molecule has 3 aliphatic carbocycles. The van der Waals surface area contributed by atoms with Crippen LogP contribution in [0.2, 0.25) is 0 Å². The van der Waals surface area contributed by atoms with Gasteiger partial charge in [-0.05, 0) is 248 Å². The molecule has 22 aromatic rings. The lowest BCUT2D eigenvalue weighted by molar-refractivity contribution is 0.629. The van der Waals surface area contributed by atoms with Crippen LogP contribution in [0, 0.1) is 5.82 Å². The summed E-state index contributed by atoms with van der Waals surface area (Å²) in [7, 11) is 0. The smallest absolute Gasteiger partial charge is 0.227 e. The fraction of sp³-hybridized carbons (Fsp3) is 0.0865. The Labute approximate surface area is 643 Å². The molecule has 15 aromatic carbocycles. The van der Waals surface area contributed by atoms with Crippen LogP contribution in [0.25, 0.3) is 193 Å². The van der Waals surface area contributed by atoms with Crippen LogP contribution >= 0.6 is 0 Å². The lowest BCUT2D eigenvalue weighted by atomic mass is 9.82. The van der Waals surface area contributed by atoms with E-state index in [1.165, 1.54) is 138 Å². The predicted molar refractivity (Wildman–Crippen MR) is 460 cm³/mol. The molecule has 0 atom stereocenters. The Morgan fingerprint density at radius 3 is 1.08 bits per heavy atom. The van der Waals surface area contributed by atoms with Gasteiger partial charge in [-0.25, -0.2) is 9.37 Å². The maximum absolute atomic E-state index is 14.5. The Hall–Kier alpha value is -13.8. The second kappa shape index (κ2) is 23.4. The van der Waals surface area contributed by atoms with E-state index in [9.17, 15) is 4.39 Å². The van der Waals surface area contributed by atoms with E-state index in [0.29, 0.717) is 5.71 Å². The first-order valence-corrected chi connectivity index (χ1v) is 38.6. The van der Waals surface area contributed by atoms with E-state index >= 15 is 0 Å². The molecule has 0 radical (unpaired) electrons. The van der Waals surface area contributed by atoms with Gasteiger partial charge in [0.1, 0.15) is 33.7 Å². The van der Waals surface area contributed by atoms with Crippen molar-refractivity contribution in [1.82, 2.24) is 18.7 Å². The zero-order valence-electron chi connectivity index (χ0n) is 62.5. The van der Waals surface area contributed by atoms with Crippen molar-refractivity contribution in [3.8, 4) is 61.6 Å². The molecule has 3 aliphatic rings. The van der Waals surface area contributed by atoms with Gasteiger partial charge in [-0.2, -0.15) is 0 Å². The van der Waals surface area contributed by atoms with Crippen LogP contribution in [0.15, 0.2) is 335 Å². The van der Waals surface area contributed by atoms with E-state index in [1.807, 2.05) is 42.5 Å². The summed E-state index contributed by atoms with van der Waals surface area (Å²) in [4.78, 5) is 4.44. The second-order valence-electron chi connectivity index (χ2n) is 32.2. The lowest BCUT2D eigenvalue weighted by Gasteiger charge is -2.21. The molecule has 7 heterocycles. The van der Waals surface area contributed by atoms with Crippen molar-refractivity contribution in [2.24, 2.45) is 0 Å². The molecule has 0 aliphatic heterocycles. The Kier molecular flexibility index (Phi) is 13.4. The predicted octanol–water partition coefficient (Wildman–Crippen LogP) is 28.2. The van der Waals surface area contributed by atoms with Gasteiger partial charge in [-0.15, -0.1) is 0 Å². The van der Waals surface area contributed by atoms with E-state index in [-0.39, 0.29) is 22.1 Å². The van der Waals surface area contributed by atoms with E-state index in [4.69, 9.17) is 13.3 Å². The summed E-state index contributed by atoms with van der Waals surface area (Å²) in [6.07, 6.45) is 1.79. The molecule has 0 unspecified atom stereocenters. The van der Waals surface area contributed by atoms with Crippen LogP contribution in [0.3, 0.4) is 0 Å². The Bertz CT molecular complexity index is 7780. The SMILES string of the molecule is CC1(C)c2cc3oc4ccc(-c5ccccc5)cc4c3cc2-c2cc3c4ccccc4n(-c4ccccc4)c3cc21.CC1(C)c2cc3oc4ccccc4c3cc2-c2cc3c4cc(F)ccc4n(-c4ccccc4)c3cc21.CC1(C)c2cc3oc4ncccc4c3cc2-c2cc3c4ccccc4n(-c4ccccc4)c3cc21. The van der Waals surface area contributed by atoms with Gasteiger partial charge < -0.3 is 27.0 Å². The average molecular weight is 1440 g/mol. The highest BCUT2D eigenvalue weighted by molar-refractivity contribution is 6.17. The molecule has 0 fully saturated rings. The Morgan fingerprint density at radius 1 is 0.241 bits per heavy atom. The molecule has 112 heavy (non-hydrogen) atoms. The number of benzene rings is 15. The molecule has 0 spiro atoms. The van der Waals surface area contributed by atoms with Crippen LogP contribution in [0.1, 0.15) is 74.9 Å². The number of aromatic nitrogens is 4. The minimum Gasteiger partial charge on any atom is -0.456 e. The minimum atomic E-state index is -0.220. The summed E-state index contributed by atoms with van der Waals surface area (Å²) in [6.45, 7) is 13.9. The highest BCUT2D eigenvalue weighted by atomic mass is 19.1. The molecular weight excluding hydrogens is 1370 g/mol. The van der Waals surface area contributed by atoms with Gasteiger partial charge in [0.15, 0.2) is 0 Å². The lowest BCUT2D eigenvalue weighted by Crippen LogP contribution is -2.15. The maximum atomic E-state index is 14.5. The first-order chi connectivity index (χ1) is 54.7. The summed E-state index contributed by atoms with van der Waals surface area (Å²) in [5.41, 5.74) is 33.3. The number of fused-ring (bicyclic) bond motifs is 27. The molecule has 7 nitrogen and oxygen atoms in total. The third kappa shape index (κ3) is 9.17. The summed E-state index contributed by atoms with van der Waals surface area (Å²) in [5, 5.41) is 13.9. The van der Waals surface area contributed by atoms with Crippen LogP contribution in [-0.2, 0) is 16.2 Å². The van der Waals surface area contributed by atoms with Crippen LogP contribution in [-0.4, -0.2) is 18.7 Å². The van der Waals surface area contributed by atoms with Gasteiger partial charge in [0.05, 0.1) is 33.1 Å². The van der Waals surface area contributed by atoms with E-state index in [1.54, 1.807) is 18.3 Å². The standard InChI is InChI=1S/C39H27NO.C33H22FNO.C32H22N2O/c1-39(2)33-22-36-30(27-15-9-10-16-35(27)40(36)26-13-7-4-8-14-26)20-28(33)29-21-32-31-19-25(24-11-5-3-6-12-24)17-18-37(31)41-38(32)23-34(29)39;1-33(2)27-17-30-25(24-14-19(34)12-13-29(24)35(30)20-8-4-3-5-9-20)15-22(27)23-16-26-21-10-6-7-11-31(21)36-32(26)18-28(23)33;1-32(2)26-17-29-24(20-11-6-7-13-28(20)34(29)19-9-4-3-5-10-19)15-22(26)23-16-25-21-12-8-14-33-31(21)35-30(25)18-27(23)32/h3-23H,1-2H3;3-18H,1-2H3;3-18H,1-2H3. The normalized spacial score (nSPS) is 14.1. The van der Waals surface area contributed by atoms with E-state index in [2.05, 4.69) is 321 Å². The highest BCUT2D eigenvalue weighted by Gasteiger charge is 2.41. The quantitative estimate of drug-likeness (QED) is 0.176. The molecule has 0 bridgehead atoms. The first kappa shape index (κ1) is 64.2. The number of rotatable bonds is 4. The highest BCUT2D eigenvalue weighted by Crippen LogP contribution is 2.57. The zero-order chi connectivity index (χ0) is 74.8. The van der Waals surface area contributed by atoms with Gasteiger partial charge >= 0.3 is 0 Å². The first-order valence-electron chi connectivity index (χ1n) is 38.6. The minimum absolute atomic E-state index is 0.141. The number of nitrogens with zero attached hydrogens (tertiary/aromatic N) is 4. The van der Waals surface area contributed by atoms with Gasteiger partial charge in [0.25, 0.3) is 0 Å². The molecule has 532 valence electrons. The molecule has 0 N–H and O–H groups in total.